The van der Waals surface area contributed by atoms with Gasteiger partial charge in [0.1, 0.15) is 24.2 Å². The number of nitrogens with one attached hydrogen (secondary N) is 1. The molecule has 6 nitrogen and oxygen atoms in total. The number of carbonyl (C=O) groups excluding carboxylic acids is 1. The molecule has 4 rings (SSSR count). The van der Waals surface area contributed by atoms with Gasteiger partial charge in [-0.3, -0.25) is 5.10 Å². The van der Waals surface area contributed by atoms with E-state index in [0.29, 0.717) is 18.1 Å². The molecule has 0 aliphatic rings. The Hall–Kier alpha value is -3.58. The quantitative estimate of drug-likeness (QED) is 0.382. The van der Waals surface area contributed by atoms with Gasteiger partial charge in [0, 0.05) is 23.8 Å². The van der Waals surface area contributed by atoms with Crippen LogP contribution in [-0.4, -0.2) is 16.2 Å². The highest BCUT2D eigenvalue weighted by Gasteiger charge is 2.19. The maximum Gasteiger partial charge on any atom is 0.133 e. The van der Waals surface area contributed by atoms with Crippen LogP contribution in [-0.2, 0) is 11.4 Å². The summed E-state index contributed by atoms with van der Waals surface area (Å²) in [5.41, 5.74) is 4.69. The van der Waals surface area contributed by atoms with Gasteiger partial charge in [0.2, 0.25) is 0 Å². The van der Waals surface area contributed by atoms with E-state index in [1.54, 1.807) is 17.5 Å². The van der Waals surface area contributed by atoms with Crippen molar-refractivity contribution >= 4 is 17.3 Å². The first-order valence-electron chi connectivity index (χ1n) is 10.3. The minimum atomic E-state index is -1.10. The predicted octanol–water partition coefficient (Wildman–Crippen LogP) is 4.68. The van der Waals surface area contributed by atoms with Crippen molar-refractivity contribution in [2.75, 3.05) is 0 Å². The number of H-pyrrole nitrogens is 1. The molecule has 4 aromatic rings. The van der Waals surface area contributed by atoms with Crippen molar-refractivity contribution in [2.24, 2.45) is 0 Å². The molecule has 1 unspecified atom stereocenters. The molecule has 0 spiro atoms. The van der Waals surface area contributed by atoms with E-state index in [-0.39, 0.29) is 12.8 Å². The second-order valence-electron chi connectivity index (χ2n) is 7.42. The number of carboxylic acid groups (broad SMARTS) is 1. The summed E-state index contributed by atoms with van der Waals surface area (Å²) in [4.78, 5) is 11.2. The van der Waals surface area contributed by atoms with E-state index in [1.165, 1.54) is 0 Å². The smallest absolute Gasteiger partial charge is 0.133 e. The lowest BCUT2D eigenvalue weighted by Crippen LogP contribution is -2.23. The zero-order valence-electron chi connectivity index (χ0n) is 17.6. The molecule has 2 aromatic carbocycles. The molecule has 0 aliphatic heterocycles. The van der Waals surface area contributed by atoms with Gasteiger partial charge < -0.3 is 19.4 Å². The molecule has 2 aromatic heterocycles. The lowest BCUT2D eigenvalue weighted by atomic mass is 9.99. The number of rotatable bonds is 10. The van der Waals surface area contributed by atoms with Crippen LogP contribution in [0.2, 0.25) is 0 Å². The van der Waals surface area contributed by atoms with Gasteiger partial charge in [-0.2, -0.15) is 16.4 Å². The van der Waals surface area contributed by atoms with Gasteiger partial charge >= 0.3 is 0 Å². The van der Waals surface area contributed by atoms with E-state index in [0.717, 1.165) is 27.9 Å². The number of nitrogens with zero attached hydrogens (tertiary/aromatic N) is 1. The van der Waals surface area contributed by atoms with E-state index in [9.17, 15) is 9.90 Å². The fourth-order valence-electron chi connectivity index (χ4n) is 3.49. The number of aromatic amines is 1. The third-order valence-corrected chi connectivity index (χ3v) is 5.88. The number of benzene rings is 2. The molecule has 0 bridgehead atoms. The Bertz CT molecular complexity index is 1160. The molecule has 0 aliphatic carbocycles. The summed E-state index contributed by atoms with van der Waals surface area (Å²) in [7, 11) is 0. The second kappa shape index (κ2) is 10.2. The fourth-order valence-corrected chi connectivity index (χ4v) is 4.14. The predicted molar refractivity (Wildman–Crippen MR) is 121 cm³/mol. The van der Waals surface area contributed by atoms with Gasteiger partial charge in [0.05, 0.1) is 5.69 Å². The van der Waals surface area contributed by atoms with E-state index in [2.05, 4.69) is 10.2 Å². The molecular formula is C25H23N2O4S-. The number of aromatic nitrogens is 2. The molecule has 7 heteroatoms. The monoisotopic (exact) mass is 447 g/mol. The van der Waals surface area contributed by atoms with Gasteiger partial charge in [-0.15, -0.1) is 0 Å². The summed E-state index contributed by atoms with van der Waals surface area (Å²) in [6, 6.07) is 17.3. The summed E-state index contributed by atoms with van der Waals surface area (Å²) in [5.74, 6) is 0.149. The summed E-state index contributed by atoms with van der Waals surface area (Å²) < 4.78 is 12.4. The van der Waals surface area contributed by atoms with Crippen LogP contribution in [0, 0.1) is 6.92 Å². The molecule has 0 fully saturated rings. The van der Waals surface area contributed by atoms with Crippen LogP contribution >= 0.6 is 11.3 Å². The zero-order valence-corrected chi connectivity index (χ0v) is 18.4. The number of thiophene rings is 1. The molecule has 164 valence electrons. The largest absolute Gasteiger partial charge is 0.550 e. The maximum atomic E-state index is 11.2. The minimum Gasteiger partial charge on any atom is -0.550 e. The Morgan fingerprint density at radius 3 is 2.78 bits per heavy atom. The normalized spacial score (nSPS) is 11.8. The van der Waals surface area contributed by atoms with Crippen LogP contribution in [0.4, 0.5) is 0 Å². The van der Waals surface area contributed by atoms with Gasteiger partial charge in [-0.05, 0) is 71.5 Å². The molecule has 0 saturated carbocycles. The van der Waals surface area contributed by atoms with Crippen molar-refractivity contribution in [1.29, 1.82) is 0 Å². The molecular weight excluding hydrogens is 424 g/mol. The van der Waals surface area contributed by atoms with Crippen molar-refractivity contribution in [3.05, 3.63) is 88.2 Å². The van der Waals surface area contributed by atoms with Crippen molar-refractivity contribution in [3.8, 4) is 22.8 Å². The average Bonchev–Trinajstić information content (AvgIpc) is 3.50. The highest BCUT2D eigenvalue weighted by Crippen LogP contribution is 2.37. The molecule has 0 amide bonds. The number of hydrogen-bond donors (Lipinski definition) is 1. The lowest BCUT2D eigenvalue weighted by Gasteiger charge is -2.23. The number of carboxylic acids is 1. The topological polar surface area (TPSA) is 87.3 Å². The van der Waals surface area contributed by atoms with Gasteiger partial charge in [-0.25, -0.2) is 0 Å². The van der Waals surface area contributed by atoms with Gasteiger partial charge in [0.15, 0.2) is 0 Å². The summed E-state index contributed by atoms with van der Waals surface area (Å²) in [5, 5.41) is 22.3. The average molecular weight is 448 g/mol. The molecule has 32 heavy (non-hydrogen) atoms. The van der Waals surface area contributed by atoms with Crippen LogP contribution in [0.3, 0.4) is 0 Å². The second-order valence-corrected chi connectivity index (χ2v) is 8.20. The SMILES string of the molecule is Cc1ccccc1C(CCC(=O)[O-])Oc1cc(OCc2ccsc2)ccc1-c1ccn[nH]1. The first-order valence-corrected chi connectivity index (χ1v) is 11.2. The Labute approximate surface area is 190 Å². The van der Waals surface area contributed by atoms with Crippen LogP contribution in [0.1, 0.15) is 35.6 Å². The van der Waals surface area contributed by atoms with Crippen LogP contribution < -0.4 is 14.6 Å². The van der Waals surface area contributed by atoms with E-state index < -0.39 is 12.1 Å². The Balaban J connectivity index is 1.66. The molecule has 0 saturated heterocycles. The summed E-state index contributed by atoms with van der Waals surface area (Å²) in [6.45, 7) is 2.44. The first kappa shape index (κ1) is 21.6. The van der Waals surface area contributed by atoms with Crippen molar-refractivity contribution < 1.29 is 19.4 Å². The summed E-state index contributed by atoms with van der Waals surface area (Å²) in [6.07, 6.45) is 1.40. The Morgan fingerprint density at radius 1 is 1.19 bits per heavy atom. The third-order valence-electron chi connectivity index (χ3n) is 5.14. The standard InChI is InChI=1S/C25H24N2O4S/c1-17-4-2-3-5-20(17)23(8-9-25(28)29)31-24-14-19(30-15-18-11-13-32-16-18)6-7-21(24)22-10-12-26-27-22/h2-7,10-14,16,23H,8-9,15H2,1H3,(H,26,27)(H,28,29)/p-1. The van der Waals surface area contributed by atoms with E-state index in [4.69, 9.17) is 9.47 Å². The minimum absolute atomic E-state index is 0.104. The Morgan fingerprint density at radius 2 is 2.06 bits per heavy atom. The van der Waals surface area contributed by atoms with Gasteiger partial charge in [-0.1, -0.05) is 24.3 Å². The Kier molecular flexibility index (Phi) is 6.87. The number of carbonyl (C=O) groups is 1. The first-order chi connectivity index (χ1) is 15.6. The molecule has 1 atom stereocenters. The highest BCUT2D eigenvalue weighted by atomic mass is 32.1. The third kappa shape index (κ3) is 5.36. The zero-order chi connectivity index (χ0) is 22.3. The van der Waals surface area contributed by atoms with Crippen molar-refractivity contribution in [2.45, 2.75) is 32.5 Å². The maximum absolute atomic E-state index is 11.2. The number of aryl methyl sites for hydroxylation is 1. The van der Waals surface area contributed by atoms with Crippen molar-refractivity contribution in [1.82, 2.24) is 10.2 Å². The van der Waals surface area contributed by atoms with Crippen molar-refractivity contribution in [3.63, 3.8) is 0 Å². The summed E-state index contributed by atoms with van der Waals surface area (Å²) >= 11 is 1.62. The van der Waals surface area contributed by atoms with Crippen LogP contribution in [0.25, 0.3) is 11.3 Å². The fraction of sp³-hybridized carbons (Fsp3) is 0.200. The van der Waals surface area contributed by atoms with E-state index in [1.807, 2.05) is 72.3 Å². The lowest BCUT2D eigenvalue weighted by molar-refractivity contribution is -0.306. The highest BCUT2D eigenvalue weighted by molar-refractivity contribution is 7.07. The molecule has 2 heterocycles. The molecule has 0 radical (unpaired) electrons. The molecule has 1 N–H and O–H groups in total. The number of aliphatic carboxylic acids is 1. The van der Waals surface area contributed by atoms with E-state index >= 15 is 0 Å². The van der Waals surface area contributed by atoms with Gasteiger partial charge in [0.25, 0.3) is 0 Å². The number of ether oxygens (including phenoxy) is 2. The van der Waals surface area contributed by atoms with Crippen LogP contribution in [0.15, 0.2) is 71.6 Å². The number of hydrogen-bond acceptors (Lipinski definition) is 6. The van der Waals surface area contributed by atoms with Crippen LogP contribution in [0.5, 0.6) is 11.5 Å².